The number of carbonyl (C=O) groups is 1. The molecule has 0 bridgehead atoms. The number of carbonyl (C=O) groups excluding carboxylic acids is 1. The Morgan fingerprint density at radius 2 is 2.11 bits per heavy atom. The predicted octanol–water partition coefficient (Wildman–Crippen LogP) is 2.30. The van der Waals surface area contributed by atoms with Crippen LogP contribution in [0, 0.1) is 5.82 Å². The van der Waals surface area contributed by atoms with Gasteiger partial charge in [0, 0.05) is 46.8 Å². The lowest BCUT2D eigenvalue weighted by Crippen LogP contribution is -2.45. The number of hydrogen-bond donors (Lipinski definition) is 1. The first-order valence-electron chi connectivity index (χ1n) is 6.02. The molecule has 1 saturated carbocycles. The van der Waals surface area contributed by atoms with Gasteiger partial charge in [-0.05, 0) is 19.9 Å². The van der Waals surface area contributed by atoms with Gasteiger partial charge in [0.2, 0.25) is 3.79 Å². The molecule has 0 atom stereocenters. The normalized spacial score (nSPS) is 21.6. The molecule has 1 aromatic carbocycles. The van der Waals surface area contributed by atoms with Gasteiger partial charge in [-0.25, -0.2) is 4.39 Å². The van der Waals surface area contributed by atoms with E-state index in [0.29, 0.717) is 17.5 Å². The largest absolute Gasteiger partial charge is 0.490 e. The molecule has 0 heterocycles. The molecule has 0 unspecified atom stereocenters. The molecule has 1 aromatic rings. The SMILES string of the molecule is CNC1CC(Oc2cc(F)cc(OCC(=O)I)c2)C1. The van der Waals surface area contributed by atoms with Crippen LogP contribution >= 0.6 is 22.6 Å². The van der Waals surface area contributed by atoms with Gasteiger partial charge in [-0.1, -0.05) is 0 Å². The summed E-state index contributed by atoms with van der Waals surface area (Å²) in [6, 6.07) is 4.65. The summed E-state index contributed by atoms with van der Waals surface area (Å²) in [6.07, 6.45) is 1.93. The van der Waals surface area contributed by atoms with Crippen molar-refractivity contribution in [3.63, 3.8) is 0 Å². The van der Waals surface area contributed by atoms with Gasteiger partial charge in [0.1, 0.15) is 23.4 Å². The third-order valence-electron chi connectivity index (χ3n) is 3.00. The standard InChI is InChI=1S/C13H15FINO3/c1-16-9-4-12(5-9)19-11-3-8(14)2-10(6-11)18-7-13(15)17/h2-3,6,9,12,16H,4-5,7H2,1H3. The molecular formula is C13H15FINO3. The van der Waals surface area contributed by atoms with Gasteiger partial charge >= 0.3 is 0 Å². The van der Waals surface area contributed by atoms with Crippen molar-refractivity contribution in [1.29, 1.82) is 0 Å². The van der Waals surface area contributed by atoms with Gasteiger partial charge in [0.05, 0.1) is 0 Å². The number of nitrogens with one attached hydrogen (secondary N) is 1. The van der Waals surface area contributed by atoms with E-state index in [2.05, 4.69) is 5.32 Å². The van der Waals surface area contributed by atoms with Crippen LogP contribution in [0.15, 0.2) is 18.2 Å². The Balaban J connectivity index is 1.95. The minimum absolute atomic E-state index is 0.0747. The lowest BCUT2D eigenvalue weighted by Gasteiger charge is -2.35. The minimum Gasteiger partial charge on any atom is -0.490 e. The minimum atomic E-state index is -0.433. The van der Waals surface area contributed by atoms with E-state index >= 15 is 0 Å². The molecule has 2 rings (SSSR count). The third kappa shape index (κ3) is 4.31. The Morgan fingerprint density at radius 1 is 1.42 bits per heavy atom. The Kier molecular flexibility index (Phi) is 4.98. The highest BCUT2D eigenvalue weighted by atomic mass is 127. The van der Waals surface area contributed by atoms with E-state index in [1.807, 2.05) is 7.05 Å². The van der Waals surface area contributed by atoms with E-state index in [-0.39, 0.29) is 16.5 Å². The molecule has 0 spiro atoms. The summed E-state index contributed by atoms with van der Waals surface area (Å²) in [5.74, 6) is 0.317. The molecule has 0 radical (unpaired) electrons. The van der Waals surface area contributed by atoms with Crippen molar-refractivity contribution >= 4 is 26.4 Å². The molecule has 0 saturated heterocycles. The summed E-state index contributed by atoms with van der Waals surface area (Å²) in [7, 11) is 1.91. The summed E-state index contributed by atoms with van der Waals surface area (Å²) in [6.45, 7) is -0.0747. The second-order valence-corrected chi connectivity index (χ2v) is 5.67. The zero-order valence-corrected chi connectivity index (χ0v) is 12.6. The number of benzene rings is 1. The van der Waals surface area contributed by atoms with Gasteiger partial charge < -0.3 is 14.8 Å². The van der Waals surface area contributed by atoms with Crippen LogP contribution in [0.5, 0.6) is 11.5 Å². The Labute approximate surface area is 124 Å². The Hall–Kier alpha value is -0.890. The van der Waals surface area contributed by atoms with Crippen LogP contribution in [0.2, 0.25) is 0 Å². The summed E-state index contributed by atoms with van der Waals surface area (Å²) >= 11 is 1.63. The summed E-state index contributed by atoms with van der Waals surface area (Å²) in [4.78, 5) is 10.8. The molecule has 1 aliphatic carbocycles. The van der Waals surface area contributed by atoms with Crippen LogP contribution in [-0.2, 0) is 4.79 Å². The van der Waals surface area contributed by atoms with Crippen LogP contribution in [0.3, 0.4) is 0 Å². The smallest absolute Gasteiger partial charge is 0.229 e. The summed E-state index contributed by atoms with van der Waals surface area (Å²) < 4.78 is 24.1. The van der Waals surface area contributed by atoms with Gasteiger partial charge in [-0.3, -0.25) is 4.79 Å². The predicted molar refractivity (Wildman–Crippen MR) is 77.4 cm³/mol. The quantitative estimate of drug-likeness (QED) is 0.609. The van der Waals surface area contributed by atoms with Crippen molar-refractivity contribution in [3.05, 3.63) is 24.0 Å². The number of rotatable bonds is 6. The van der Waals surface area contributed by atoms with Crippen molar-refractivity contribution in [2.24, 2.45) is 0 Å². The molecule has 0 aliphatic heterocycles. The maximum Gasteiger partial charge on any atom is 0.229 e. The van der Waals surface area contributed by atoms with Crippen molar-refractivity contribution in [2.45, 2.75) is 25.0 Å². The van der Waals surface area contributed by atoms with Gasteiger partial charge in [0.15, 0.2) is 6.61 Å². The second kappa shape index (κ2) is 6.51. The zero-order valence-electron chi connectivity index (χ0n) is 10.5. The first-order valence-corrected chi connectivity index (χ1v) is 7.10. The van der Waals surface area contributed by atoms with Crippen molar-refractivity contribution < 1.29 is 18.7 Å². The van der Waals surface area contributed by atoms with Gasteiger partial charge in [-0.15, -0.1) is 0 Å². The van der Waals surface area contributed by atoms with Crippen molar-refractivity contribution in [3.8, 4) is 11.5 Å². The highest BCUT2D eigenvalue weighted by molar-refractivity contribution is 14.1. The molecule has 6 heteroatoms. The maximum absolute atomic E-state index is 13.4. The van der Waals surface area contributed by atoms with E-state index in [9.17, 15) is 9.18 Å². The second-order valence-electron chi connectivity index (χ2n) is 4.46. The van der Waals surface area contributed by atoms with E-state index in [4.69, 9.17) is 9.47 Å². The average Bonchev–Trinajstić information content (AvgIpc) is 2.30. The van der Waals surface area contributed by atoms with Gasteiger partial charge in [0.25, 0.3) is 0 Å². The topological polar surface area (TPSA) is 47.6 Å². The fraction of sp³-hybridized carbons (Fsp3) is 0.462. The molecule has 1 aliphatic rings. The first-order chi connectivity index (χ1) is 9.06. The van der Waals surface area contributed by atoms with E-state index < -0.39 is 5.82 Å². The molecule has 0 amide bonds. The van der Waals surface area contributed by atoms with Crippen LogP contribution < -0.4 is 14.8 Å². The van der Waals surface area contributed by atoms with Crippen LogP contribution in [-0.4, -0.2) is 29.6 Å². The number of hydrogen-bond acceptors (Lipinski definition) is 4. The van der Waals surface area contributed by atoms with Crippen LogP contribution in [0.25, 0.3) is 0 Å². The van der Waals surface area contributed by atoms with Crippen molar-refractivity contribution in [2.75, 3.05) is 13.7 Å². The first kappa shape index (κ1) is 14.5. The van der Waals surface area contributed by atoms with E-state index in [1.54, 1.807) is 28.7 Å². The fourth-order valence-electron chi connectivity index (χ4n) is 1.92. The van der Waals surface area contributed by atoms with E-state index in [0.717, 1.165) is 12.8 Å². The lowest BCUT2D eigenvalue weighted by atomic mass is 9.89. The Morgan fingerprint density at radius 3 is 2.74 bits per heavy atom. The molecule has 19 heavy (non-hydrogen) atoms. The highest BCUT2D eigenvalue weighted by Gasteiger charge is 2.29. The molecular weight excluding hydrogens is 364 g/mol. The molecule has 104 valence electrons. The third-order valence-corrected chi connectivity index (χ3v) is 3.31. The van der Waals surface area contributed by atoms with E-state index in [1.165, 1.54) is 12.1 Å². The molecule has 1 fully saturated rings. The van der Waals surface area contributed by atoms with Gasteiger partial charge in [-0.2, -0.15) is 0 Å². The monoisotopic (exact) mass is 379 g/mol. The lowest BCUT2D eigenvalue weighted by molar-refractivity contribution is -0.111. The average molecular weight is 379 g/mol. The Bertz CT molecular complexity index is 463. The summed E-state index contributed by atoms with van der Waals surface area (Å²) in [5, 5.41) is 3.16. The molecule has 4 nitrogen and oxygen atoms in total. The van der Waals surface area contributed by atoms with Crippen molar-refractivity contribution in [1.82, 2.24) is 5.32 Å². The summed E-state index contributed by atoms with van der Waals surface area (Å²) in [5.41, 5.74) is 0. The highest BCUT2D eigenvalue weighted by Crippen LogP contribution is 2.29. The maximum atomic E-state index is 13.4. The number of ether oxygens (including phenoxy) is 2. The number of halogens is 2. The molecule has 1 N–H and O–H groups in total. The zero-order chi connectivity index (χ0) is 13.8. The van der Waals surface area contributed by atoms with Crippen LogP contribution in [0.4, 0.5) is 4.39 Å². The van der Waals surface area contributed by atoms with Crippen LogP contribution in [0.1, 0.15) is 12.8 Å². The molecule has 0 aromatic heterocycles. The fourth-order valence-corrected chi connectivity index (χ4v) is 2.07.